The number of benzene rings is 2. The van der Waals surface area contributed by atoms with E-state index in [1.807, 2.05) is 53.4 Å². The van der Waals surface area contributed by atoms with Crippen molar-refractivity contribution in [3.8, 4) is 22.5 Å². The second-order valence-electron chi connectivity index (χ2n) is 8.21. The molecule has 0 radical (unpaired) electrons. The Morgan fingerprint density at radius 1 is 1.15 bits per heavy atom. The summed E-state index contributed by atoms with van der Waals surface area (Å²) in [4.78, 5) is 31.2. The molecular weight excluding hydrogens is 452 g/mol. The molecule has 1 saturated heterocycles. The van der Waals surface area contributed by atoms with Gasteiger partial charge in [-0.05, 0) is 46.9 Å². The Hall–Kier alpha value is -3.53. The summed E-state index contributed by atoms with van der Waals surface area (Å²) in [7, 11) is 0. The molecule has 5 rings (SSSR count). The van der Waals surface area contributed by atoms with Crippen molar-refractivity contribution in [2.24, 2.45) is 10.9 Å². The topological polar surface area (TPSA) is 113 Å². The van der Waals surface area contributed by atoms with Crippen LogP contribution in [-0.2, 0) is 20.9 Å². The predicted octanol–water partition coefficient (Wildman–Crippen LogP) is 3.31. The minimum atomic E-state index is -0.463. The molecule has 10 heteroatoms. The maximum absolute atomic E-state index is 12.6. The van der Waals surface area contributed by atoms with Crippen LogP contribution in [0, 0.1) is 5.92 Å². The molecule has 1 aliphatic carbocycles. The highest BCUT2D eigenvalue weighted by Crippen LogP contribution is 2.34. The summed E-state index contributed by atoms with van der Waals surface area (Å²) >= 11 is 1.44. The summed E-state index contributed by atoms with van der Waals surface area (Å²) in [5.41, 5.74) is 3.94. The fourth-order valence-electron chi connectivity index (χ4n) is 3.88. The van der Waals surface area contributed by atoms with Crippen LogP contribution in [0.4, 0.5) is 0 Å². The van der Waals surface area contributed by atoms with E-state index in [1.165, 1.54) is 11.8 Å². The fourth-order valence-corrected chi connectivity index (χ4v) is 5.02. The number of aliphatic imine (C=N–C) groups is 1. The zero-order chi connectivity index (χ0) is 23.5. The second kappa shape index (κ2) is 9.76. The molecule has 34 heavy (non-hydrogen) atoms. The molecule has 1 amide bonds. The number of nitrogens with zero attached hydrogens (tertiary/aromatic N) is 5. The highest BCUT2D eigenvalue weighted by Gasteiger charge is 2.38. The minimum Gasteiger partial charge on any atom is -0.464 e. The van der Waals surface area contributed by atoms with Gasteiger partial charge < -0.3 is 9.64 Å². The molecule has 9 nitrogen and oxygen atoms in total. The number of hydrogen-bond donors (Lipinski definition) is 1. The first-order chi connectivity index (χ1) is 16.6. The number of amides is 1. The number of aromatic amines is 1. The van der Waals surface area contributed by atoms with E-state index in [9.17, 15) is 9.59 Å². The zero-order valence-electron chi connectivity index (χ0n) is 18.7. The summed E-state index contributed by atoms with van der Waals surface area (Å²) in [6.45, 7) is 2.57. The van der Waals surface area contributed by atoms with Crippen LogP contribution < -0.4 is 0 Å². The maximum atomic E-state index is 12.6. The third kappa shape index (κ3) is 4.72. The van der Waals surface area contributed by atoms with Gasteiger partial charge in [0.1, 0.15) is 6.04 Å². The second-order valence-corrected chi connectivity index (χ2v) is 9.19. The molecule has 0 bridgehead atoms. The number of amidine groups is 1. The number of esters is 1. The largest absolute Gasteiger partial charge is 0.464 e. The zero-order valence-corrected chi connectivity index (χ0v) is 19.5. The van der Waals surface area contributed by atoms with Gasteiger partial charge in [0.05, 0.1) is 6.61 Å². The number of aromatic nitrogens is 4. The molecule has 3 aromatic rings. The Morgan fingerprint density at radius 2 is 1.91 bits per heavy atom. The summed E-state index contributed by atoms with van der Waals surface area (Å²) in [5.74, 6) is 0.783. The van der Waals surface area contributed by atoms with Gasteiger partial charge in [0.15, 0.2) is 11.0 Å². The van der Waals surface area contributed by atoms with Crippen molar-refractivity contribution in [2.45, 2.75) is 32.4 Å². The smallest absolute Gasteiger partial charge is 0.329 e. The van der Waals surface area contributed by atoms with Crippen molar-refractivity contribution in [3.63, 3.8) is 0 Å². The SMILES string of the molecule is CCOC(=O)C1CSC(=NC(=O)C2CC2)N1Cc1ccc(-c2ccccc2-c2nnn[nH]2)cc1. The average Bonchev–Trinajstić information content (AvgIpc) is 3.43. The van der Waals surface area contributed by atoms with Gasteiger partial charge >= 0.3 is 5.97 Å². The number of carbonyl (C=O) groups excluding carboxylic acids is 2. The van der Waals surface area contributed by atoms with E-state index < -0.39 is 6.04 Å². The van der Waals surface area contributed by atoms with Crippen LogP contribution in [0.1, 0.15) is 25.3 Å². The van der Waals surface area contributed by atoms with Crippen molar-refractivity contribution in [2.75, 3.05) is 12.4 Å². The quantitative estimate of drug-likeness (QED) is 0.517. The number of tetrazole rings is 1. The first-order valence-electron chi connectivity index (χ1n) is 11.2. The van der Waals surface area contributed by atoms with Crippen LogP contribution in [-0.4, -0.2) is 61.0 Å². The molecule has 2 heterocycles. The van der Waals surface area contributed by atoms with E-state index in [1.54, 1.807) is 6.92 Å². The fraction of sp³-hybridized carbons (Fsp3) is 0.333. The molecule has 2 aliphatic rings. The van der Waals surface area contributed by atoms with Crippen molar-refractivity contribution in [3.05, 3.63) is 54.1 Å². The normalized spacial score (nSPS) is 18.9. The number of nitrogens with one attached hydrogen (secondary N) is 1. The number of rotatable bonds is 7. The highest BCUT2D eigenvalue weighted by atomic mass is 32.2. The summed E-state index contributed by atoms with van der Waals surface area (Å²) in [6.07, 6.45) is 1.79. The van der Waals surface area contributed by atoms with Crippen LogP contribution >= 0.6 is 11.8 Å². The Labute approximate surface area is 201 Å². The standard InChI is InChI=1S/C24H24N6O3S/c1-2-33-23(32)20-14-34-24(25-22(31)17-11-12-17)30(20)13-15-7-9-16(10-8-15)18-5-3-4-6-19(18)21-26-28-29-27-21/h3-10,17,20H,2,11-14H2,1H3,(H,26,27,28,29). The number of ether oxygens (including phenoxy) is 1. The van der Waals surface area contributed by atoms with Gasteiger partial charge in [-0.25, -0.2) is 9.89 Å². The van der Waals surface area contributed by atoms with Crippen LogP contribution in [0.2, 0.25) is 0 Å². The molecule has 1 atom stereocenters. The first-order valence-corrected chi connectivity index (χ1v) is 12.2. The lowest BCUT2D eigenvalue weighted by Gasteiger charge is -2.24. The van der Waals surface area contributed by atoms with Gasteiger partial charge in [-0.2, -0.15) is 4.99 Å². The van der Waals surface area contributed by atoms with Crippen molar-refractivity contribution >= 4 is 28.8 Å². The number of H-pyrrole nitrogens is 1. The Morgan fingerprint density at radius 3 is 2.59 bits per heavy atom. The predicted molar refractivity (Wildman–Crippen MR) is 129 cm³/mol. The van der Waals surface area contributed by atoms with Gasteiger partial charge in [-0.15, -0.1) is 5.10 Å². The summed E-state index contributed by atoms with van der Waals surface area (Å²) in [6, 6.07) is 15.6. The lowest BCUT2D eigenvalue weighted by Crippen LogP contribution is -2.40. The molecule has 1 aromatic heterocycles. The minimum absolute atomic E-state index is 0.0375. The molecule has 1 saturated carbocycles. The monoisotopic (exact) mass is 476 g/mol. The van der Waals surface area contributed by atoms with E-state index in [4.69, 9.17) is 4.74 Å². The van der Waals surface area contributed by atoms with E-state index in [2.05, 4.69) is 25.6 Å². The van der Waals surface area contributed by atoms with Gasteiger partial charge in [0.2, 0.25) is 0 Å². The average molecular weight is 477 g/mol. The van der Waals surface area contributed by atoms with E-state index in [-0.39, 0.29) is 17.8 Å². The van der Waals surface area contributed by atoms with Crippen LogP contribution in [0.15, 0.2) is 53.5 Å². The number of thioether (sulfide) groups is 1. The van der Waals surface area contributed by atoms with E-state index in [0.29, 0.717) is 29.9 Å². The van der Waals surface area contributed by atoms with Crippen LogP contribution in [0.3, 0.4) is 0 Å². The highest BCUT2D eigenvalue weighted by molar-refractivity contribution is 8.14. The maximum Gasteiger partial charge on any atom is 0.329 e. The Balaban J connectivity index is 1.39. The van der Waals surface area contributed by atoms with Crippen molar-refractivity contribution < 1.29 is 14.3 Å². The number of carbonyl (C=O) groups is 2. The summed E-state index contributed by atoms with van der Waals surface area (Å²) in [5, 5.41) is 14.8. The van der Waals surface area contributed by atoms with Crippen molar-refractivity contribution in [1.29, 1.82) is 0 Å². The lowest BCUT2D eigenvalue weighted by atomic mass is 9.98. The molecule has 2 aromatic carbocycles. The van der Waals surface area contributed by atoms with Crippen LogP contribution in [0.25, 0.3) is 22.5 Å². The van der Waals surface area contributed by atoms with E-state index >= 15 is 0 Å². The molecule has 174 valence electrons. The first kappa shape index (κ1) is 22.3. The molecule has 0 spiro atoms. The van der Waals surface area contributed by atoms with Crippen molar-refractivity contribution in [1.82, 2.24) is 25.5 Å². The van der Waals surface area contributed by atoms with Gasteiger partial charge in [-0.3, -0.25) is 4.79 Å². The van der Waals surface area contributed by atoms with Gasteiger partial charge in [-0.1, -0.05) is 60.3 Å². The van der Waals surface area contributed by atoms with Gasteiger partial charge in [0, 0.05) is 23.8 Å². The Kier molecular flexibility index (Phi) is 6.39. The third-order valence-corrected chi connectivity index (χ3v) is 6.90. The van der Waals surface area contributed by atoms with Crippen LogP contribution in [0.5, 0.6) is 0 Å². The van der Waals surface area contributed by atoms with Gasteiger partial charge in [0.25, 0.3) is 5.91 Å². The van der Waals surface area contributed by atoms with E-state index in [0.717, 1.165) is 35.1 Å². The third-order valence-electron chi connectivity index (χ3n) is 5.83. The molecule has 1 aliphatic heterocycles. The lowest BCUT2D eigenvalue weighted by molar-refractivity contribution is -0.147. The summed E-state index contributed by atoms with van der Waals surface area (Å²) < 4.78 is 5.28. The molecule has 2 fully saturated rings. The molecule has 1 unspecified atom stereocenters. The number of hydrogen-bond acceptors (Lipinski definition) is 7. The molecular formula is C24H24N6O3S. The molecule has 1 N–H and O–H groups in total. The Bertz CT molecular complexity index is 1210.